The first-order chi connectivity index (χ1) is 8.93. The van der Waals surface area contributed by atoms with Crippen LogP contribution in [0.5, 0.6) is 5.75 Å². The van der Waals surface area contributed by atoms with Crippen LogP contribution in [0.4, 0.5) is 8.78 Å². The van der Waals surface area contributed by atoms with E-state index in [1.807, 2.05) is 27.0 Å². The number of likely N-dealkylation sites (N-methyl/N-ethyl adjacent to an activating group) is 1. The molecule has 0 aromatic heterocycles. The number of halogens is 3. The lowest BCUT2D eigenvalue weighted by Crippen LogP contribution is -2.14. The molecule has 0 bridgehead atoms. The van der Waals surface area contributed by atoms with Crippen LogP contribution in [0.2, 0.25) is 5.02 Å². The third-order valence-corrected chi connectivity index (χ3v) is 2.89. The van der Waals surface area contributed by atoms with E-state index in [0.717, 1.165) is 5.57 Å². The van der Waals surface area contributed by atoms with Crippen molar-refractivity contribution in [3.05, 3.63) is 34.4 Å². The first kappa shape index (κ1) is 15.9. The van der Waals surface area contributed by atoms with E-state index >= 15 is 0 Å². The number of nitrogens with one attached hydrogen (secondary N) is 1. The Labute approximate surface area is 117 Å². The number of rotatable bonds is 6. The van der Waals surface area contributed by atoms with E-state index in [2.05, 4.69) is 10.1 Å². The normalized spacial score (nSPS) is 12.3. The van der Waals surface area contributed by atoms with Gasteiger partial charge in [0.1, 0.15) is 5.75 Å². The summed E-state index contributed by atoms with van der Waals surface area (Å²) in [5.41, 5.74) is 1.65. The zero-order valence-electron chi connectivity index (χ0n) is 11.2. The van der Waals surface area contributed by atoms with E-state index in [0.29, 0.717) is 23.0 Å². The van der Waals surface area contributed by atoms with Crippen LogP contribution < -0.4 is 10.1 Å². The molecule has 1 aromatic carbocycles. The van der Waals surface area contributed by atoms with Crippen LogP contribution in [0.25, 0.3) is 6.08 Å². The highest BCUT2D eigenvalue weighted by Crippen LogP contribution is 2.27. The minimum Gasteiger partial charge on any atom is -0.434 e. The second-order valence-electron chi connectivity index (χ2n) is 4.46. The Morgan fingerprint density at radius 2 is 2.11 bits per heavy atom. The van der Waals surface area contributed by atoms with Gasteiger partial charge in [-0.2, -0.15) is 8.78 Å². The van der Waals surface area contributed by atoms with Crippen molar-refractivity contribution in [2.75, 3.05) is 13.6 Å². The van der Waals surface area contributed by atoms with E-state index in [1.165, 1.54) is 12.1 Å². The maximum absolute atomic E-state index is 12.4. The van der Waals surface area contributed by atoms with Crippen molar-refractivity contribution in [3.8, 4) is 5.75 Å². The van der Waals surface area contributed by atoms with Crippen molar-refractivity contribution in [1.82, 2.24) is 5.32 Å². The van der Waals surface area contributed by atoms with E-state index in [-0.39, 0.29) is 5.75 Å². The molecule has 0 spiro atoms. The van der Waals surface area contributed by atoms with Gasteiger partial charge in [0.25, 0.3) is 0 Å². The fourth-order valence-corrected chi connectivity index (χ4v) is 1.84. The number of benzene rings is 1. The molecule has 0 aliphatic rings. The van der Waals surface area contributed by atoms with Gasteiger partial charge >= 0.3 is 6.61 Å². The Balaban J connectivity index is 3.15. The largest absolute Gasteiger partial charge is 0.434 e. The van der Waals surface area contributed by atoms with Gasteiger partial charge in [0, 0.05) is 17.1 Å². The molecule has 0 saturated heterocycles. The van der Waals surface area contributed by atoms with Crippen molar-refractivity contribution in [3.63, 3.8) is 0 Å². The van der Waals surface area contributed by atoms with E-state index in [9.17, 15) is 8.78 Å². The Bertz CT molecular complexity index is 447. The smallest absolute Gasteiger partial charge is 0.387 e. The molecule has 5 heteroatoms. The van der Waals surface area contributed by atoms with E-state index < -0.39 is 6.61 Å². The Morgan fingerprint density at radius 1 is 1.42 bits per heavy atom. The van der Waals surface area contributed by atoms with Gasteiger partial charge in [0.2, 0.25) is 0 Å². The summed E-state index contributed by atoms with van der Waals surface area (Å²) in [5.74, 6) is 0.430. The highest BCUT2D eigenvalue weighted by atomic mass is 35.5. The molecular formula is C14H18ClF2NO. The van der Waals surface area contributed by atoms with E-state index in [4.69, 9.17) is 11.6 Å². The molecule has 0 fully saturated rings. The summed E-state index contributed by atoms with van der Waals surface area (Å²) in [5, 5.41) is 3.54. The molecule has 1 aromatic rings. The van der Waals surface area contributed by atoms with Gasteiger partial charge < -0.3 is 10.1 Å². The number of alkyl halides is 2. The van der Waals surface area contributed by atoms with Crippen molar-refractivity contribution >= 4 is 17.7 Å². The van der Waals surface area contributed by atoms with Crippen LogP contribution in [0.15, 0.2) is 23.8 Å². The van der Waals surface area contributed by atoms with Crippen LogP contribution >= 0.6 is 11.6 Å². The zero-order valence-corrected chi connectivity index (χ0v) is 12.0. The predicted octanol–water partition coefficient (Wildman–Crippen LogP) is 4.20. The zero-order chi connectivity index (χ0) is 14.4. The number of hydrogen-bond donors (Lipinski definition) is 1. The van der Waals surface area contributed by atoms with Crippen LogP contribution in [-0.2, 0) is 0 Å². The predicted molar refractivity (Wildman–Crippen MR) is 74.8 cm³/mol. The van der Waals surface area contributed by atoms with Gasteiger partial charge in [-0.05, 0) is 31.2 Å². The second kappa shape index (κ2) is 7.46. The number of ether oxygens (including phenoxy) is 1. The molecule has 0 aliphatic carbocycles. The Kier molecular flexibility index (Phi) is 6.25. The maximum Gasteiger partial charge on any atom is 0.387 e. The van der Waals surface area contributed by atoms with Gasteiger partial charge in [0.15, 0.2) is 0 Å². The maximum atomic E-state index is 12.4. The average molecular weight is 290 g/mol. The summed E-state index contributed by atoms with van der Waals surface area (Å²) < 4.78 is 29.2. The fraction of sp³-hybridized carbons (Fsp3) is 0.429. The monoisotopic (exact) mass is 289 g/mol. The van der Waals surface area contributed by atoms with Crippen molar-refractivity contribution in [2.24, 2.45) is 5.92 Å². The SMILES string of the molecule is CNCC(=Cc1cc(Cl)ccc1OC(F)F)C(C)C. The molecule has 0 atom stereocenters. The molecular weight excluding hydrogens is 272 g/mol. The summed E-state index contributed by atoms with van der Waals surface area (Å²) in [6.07, 6.45) is 1.84. The van der Waals surface area contributed by atoms with Crippen molar-refractivity contribution < 1.29 is 13.5 Å². The van der Waals surface area contributed by atoms with Crippen LogP contribution in [0, 0.1) is 5.92 Å². The highest BCUT2D eigenvalue weighted by molar-refractivity contribution is 6.30. The van der Waals surface area contributed by atoms with E-state index in [1.54, 1.807) is 6.07 Å². The summed E-state index contributed by atoms with van der Waals surface area (Å²) >= 11 is 5.91. The molecule has 0 saturated carbocycles. The lowest BCUT2D eigenvalue weighted by atomic mass is 10.00. The molecule has 19 heavy (non-hydrogen) atoms. The lowest BCUT2D eigenvalue weighted by molar-refractivity contribution is -0.0499. The average Bonchev–Trinajstić information content (AvgIpc) is 2.31. The van der Waals surface area contributed by atoms with Gasteiger partial charge in [-0.15, -0.1) is 0 Å². The standard InChI is InChI=1S/C14H18ClF2NO/c1-9(2)11(8-18-3)6-10-7-12(15)4-5-13(10)19-14(16)17/h4-7,9,14,18H,8H2,1-3H3. The topological polar surface area (TPSA) is 21.3 Å². The molecule has 2 nitrogen and oxygen atoms in total. The first-order valence-corrected chi connectivity index (χ1v) is 6.41. The minimum atomic E-state index is -2.85. The second-order valence-corrected chi connectivity index (χ2v) is 4.90. The summed E-state index contributed by atoms with van der Waals surface area (Å²) in [4.78, 5) is 0. The Morgan fingerprint density at radius 3 is 2.63 bits per heavy atom. The molecule has 1 rings (SSSR count). The summed E-state index contributed by atoms with van der Waals surface area (Å²) in [7, 11) is 1.84. The number of hydrogen-bond acceptors (Lipinski definition) is 2. The summed E-state index contributed by atoms with van der Waals surface area (Å²) in [6, 6.07) is 4.61. The lowest BCUT2D eigenvalue weighted by Gasteiger charge is -2.13. The molecule has 106 valence electrons. The van der Waals surface area contributed by atoms with Crippen LogP contribution in [0.1, 0.15) is 19.4 Å². The molecule has 0 radical (unpaired) electrons. The van der Waals surface area contributed by atoms with Crippen LogP contribution in [-0.4, -0.2) is 20.2 Å². The van der Waals surface area contributed by atoms with Gasteiger partial charge in [0.05, 0.1) is 0 Å². The summed E-state index contributed by atoms with van der Waals surface area (Å²) in [6.45, 7) is 1.92. The Hall–Kier alpha value is -1.13. The first-order valence-electron chi connectivity index (χ1n) is 6.03. The van der Waals surface area contributed by atoms with Crippen molar-refractivity contribution in [2.45, 2.75) is 20.5 Å². The molecule has 0 unspecified atom stereocenters. The highest BCUT2D eigenvalue weighted by Gasteiger charge is 2.11. The molecule has 0 amide bonds. The van der Waals surface area contributed by atoms with Gasteiger partial charge in [-0.1, -0.05) is 37.1 Å². The minimum absolute atomic E-state index is 0.133. The fourth-order valence-electron chi connectivity index (χ4n) is 1.66. The molecule has 0 aliphatic heterocycles. The molecule has 0 heterocycles. The van der Waals surface area contributed by atoms with Gasteiger partial charge in [-0.3, -0.25) is 0 Å². The quantitative estimate of drug-likeness (QED) is 0.847. The molecule has 1 N–H and O–H groups in total. The van der Waals surface area contributed by atoms with Crippen molar-refractivity contribution in [1.29, 1.82) is 0 Å². The third kappa shape index (κ3) is 5.17. The van der Waals surface area contributed by atoms with Crippen LogP contribution in [0.3, 0.4) is 0 Å². The third-order valence-electron chi connectivity index (χ3n) is 2.65. The van der Waals surface area contributed by atoms with Gasteiger partial charge in [-0.25, -0.2) is 0 Å².